The van der Waals surface area contributed by atoms with Gasteiger partial charge in [-0.1, -0.05) is 6.42 Å². The summed E-state index contributed by atoms with van der Waals surface area (Å²) in [5.74, 6) is -1.46. The highest BCUT2D eigenvalue weighted by Crippen LogP contribution is 2.38. The van der Waals surface area contributed by atoms with Gasteiger partial charge in [-0.3, -0.25) is 4.79 Å². The van der Waals surface area contributed by atoms with E-state index in [2.05, 4.69) is 5.32 Å². The van der Waals surface area contributed by atoms with Crippen LogP contribution in [-0.4, -0.2) is 11.9 Å². The number of nitrogens with one attached hydrogen (secondary N) is 1. The fourth-order valence-corrected chi connectivity index (χ4v) is 2.54. The molecular weight excluding hydrogens is 288 g/mol. The van der Waals surface area contributed by atoms with Gasteiger partial charge in [0.25, 0.3) is 0 Å². The Balaban J connectivity index is 2.25. The topological polar surface area (TPSA) is 55.1 Å². The summed E-state index contributed by atoms with van der Waals surface area (Å²) < 4.78 is 51.5. The summed E-state index contributed by atoms with van der Waals surface area (Å²) in [6, 6.07) is 1.53. The third-order valence-electron chi connectivity index (χ3n) is 4.09. The molecule has 1 aliphatic carbocycles. The van der Waals surface area contributed by atoms with Crippen LogP contribution in [0.15, 0.2) is 18.2 Å². The molecule has 0 heterocycles. The van der Waals surface area contributed by atoms with Gasteiger partial charge in [0.1, 0.15) is 5.82 Å². The molecule has 0 bridgehead atoms. The number of anilines is 1. The van der Waals surface area contributed by atoms with Crippen LogP contribution in [0.25, 0.3) is 0 Å². The summed E-state index contributed by atoms with van der Waals surface area (Å²) in [4.78, 5) is 12.2. The van der Waals surface area contributed by atoms with Crippen molar-refractivity contribution in [2.24, 2.45) is 11.1 Å². The maximum absolute atomic E-state index is 13.6. The summed E-state index contributed by atoms with van der Waals surface area (Å²) in [6.07, 6.45) is -2.65. The summed E-state index contributed by atoms with van der Waals surface area (Å²) in [7, 11) is 0. The molecule has 1 aromatic rings. The van der Waals surface area contributed by atoms with Crippen LogP contribution in [0.1, 0.15) is 31.7 Å². The molecule has 0 radical (unpaired) electrons. The van der Waals surface area contributed by atoms with Crippen LogP contribution < -0.4 is 11.1 Å². The summed E-state index contributed by atoms with van der Waals surface area (Å²) in [5, 5.41) is 2.24. The monoisotopic (exact) mass is 304 g/mol. The summed E-state index contributed by atoms with van der Waals surface area (Å²) >= 11 is 0. The van der Waals surface area contributed by atoms with Gasteiger partial charge in [0.2, 0.25) is 5.91 Å². The largest absolute Gasteiger partial charge is 0.416 e. The first kappa shape index (κ1) is 15.8. The Kier molecular flexibility index (Phi) is 3.97. The lowest BCUT2D eigenvalue weighted by Crippen LogP contribution is -2.44. The van der Waals surface area contributed by atoms with Gasteiger partial charge in [-0.15, -0.1) is 0 Å². The predicted molar refractivity (Wildman–Crippen MR) is 70.0 cm³/mol. The SMILES string of the molecule is CC1(C(=O)Nc2cc(C(F)(F)F)ccc2F)CCCC1N. The molecule has 1 fully saturated rings. The molecule has 0 aromatic heterocycles. The number of nitrogens with two attached hydrogens (primary N) is 1. The van der Waals surface area contributed by atoms with Crippen LogP contribution in [0.3, 0.4) is 0 Å². The van der Waals surface area contributed by atoms with Gasteiger partial charge in [-0.05, 0) is 38.0 Å². The Bertz CT molecular complexity index is 558. The lowest BCUT2D eigenvalue weighted by Gasteiger charge is -2.27. The van der Waals surface area contributed by atoms with Crippen molar-refractivity contribution in [1.29, 1.82) is 0 Å². The standard InChI is InChI=1S/C14H16F4N2O/c1-13(6-2-3-11(13)19)12(21)20-10-7-8(14(16,17)18)4-5-9(10)15/h4-5,7,11H,2-3,6,19H2,1H3,(H,20,21). The van der Waals surface area contributed by atoms with E-state index in [1.54, 1.807) is 6.92 Å². The zero-order valence-electron chi connectivity index (χ0n) is 11.4. The molecule has 1 aliphatic rings. The number of carbonyl (C=O) groups is 1. The number of hydrogen-bond donors (Lipinski definition) is 2. The van der Waals surface area contributed by atoms with E-state index in [0.29, 0.717) is 31.0 Å². The van der Waals surface area contributed by atoms with E-state index >= 15 is 0 Å². The van der Waals surface area contributed by atoms with E-state index in [9.17, 15) is 22.4 Å². The number of alkyl halides is 3. The lowest BCUT2D eigenvalue weighted by atomic mass is 9.84. The first-order valence-corrected chi connectivity index (χ1v) is 6.58. The lowest BCUT2D eigenvalue weighted by molar-refractivity contribution is -0.137. The number of hydrogen-bond acceptors (Lipinski definition) is 2. The molecule has 3 N–H and O–H groups in total. The quantitative estimate of drug-likeness (QED) is 0.824. The zero-order valence-corrected chi connectivity index (χ0v) is 11.4. The summed E-state index contributed by atoms with van der Waals surface area (Å²) in [5.41, 5.74) is 3.49. The minimum Gasteiger partial charge on any atom is -0.327 e. The van der Waals surface area contributed by atoms with E-state index in [1.165, 1.54) is 0 Å². The number of amides is 1. The third kappa shape index (κ3) is 3.02. The molecule has 2 rings (SSSR count). The molecular formula is C14H16F4N2O. The Morgan fingerprint density at radius 1 is 1.43 bits per heavy atom. The molecule has 21 heavy (non-hydrogen) atoms. The molecule has 0 spiro atoms. The van der Waals surface area contributed by atoms with Crippen molar-refractivity contribution in [1.82, 2.24) is 0 Å². The van der Waals surface area contributed by atoms with E-state index < -0.39 is 34.6 Å². The molecule has 3 nitrogen and oxygen atoms in total. The molecule has 0 saturated heterocycles. The van der Waals surface area contributed by atoms with Gasteiger partial charge in [0, 0.05) is 6.04 Å². The van der Waals surface area contributed by atoms with Crippen LogP contribution in [0.2, 0.25) is 0 Å². The van der Waals surface area contributed by atoms with Crippen molar-refractivity contribution < 1.29 is 22.4 Å². The third-order valence-corrected chi connectivity index (χ3v) is 4.09. The Morgan fingerprint density at radius 2 is 2.10 bits per heavy atom. The van der Waals surface area contributed by atoms with Crippen molar-refractivity contribution in [3.63, 3.8) is 0 Å². The average Bonchev–Trinajstić information content (AvgIpc) is 2.72. The van der Waals surface area contributed by atoms with Gasteiger partial charge >= 0.3 is 6.18 Å². The fourth-order valence-electron chi connectivity index (χ4n) is 2.54. The van der Waals surface area contributed by atoms with E-state index in [-0.39, 0.29) is 6.04 Å². The molecule has 116 valence electrons. The van der Waals surface area contributed by atoms with Gasteiger partial charge in [0.05, 0.1) is 16.7 Å². The molecule has 2 atom stereocenters. The molecule has 1 aromatic carbocycles. The van der Waals surface area contributed by atoms with E-state index in [0.717, 1.165) is 6.42 Å². The average molecular weight is 304 g/mol. The van der Waals surface area contributed by atoms with Gasteiger partial charge in [-0.2, -0.15) is 13.2 Å². The molecule has 1 saturated carbocycles. The van der Waals surface area contributed by atoms with Crippen molar-refractivity contribution in [3.05, 3.63) is 29.6 Å². The fraction of sp³-hybridized carbons (Fsp3) is 0.500. The van der Waals surface area contributed by atoms with Gasteiger partial charge in [-0.25, -0.2) is 4.39 Å². The first-order chi connectivity index (χ1) is 9.64. The second kappa shape index (κ2) is 5.29. The van der Waals surface area contributed by atoms with Crippen molar-refractivity contribution >= 4 is 11.6 Å². The minimum atomic E-state index is -4.60. The Labute approximate surface area is 119 Å². The highest BCUT2D eigenvalue weighted by molar-refractivity contribution is 5.96. The molecule has 0 aliphatic heterocycles. The predicted octanol–water partition coefficient (Wildman–Crippen LogP) is 3.30. The zero-order chi connectivity index (χ0) is 15.8. The number of rotatable bonds is 2. The Hall–Kier alpha value is -1.63. The molecule has 1 amide bonds. The number of halogens is 4. The molecule has 2 unspecified atom stereocenters. The van der Waals surface area contributed by atoms with Crippen LogP contribution in [-0.2, 0) is 11.0 Å². The van der Waals surface area contributed by atoms with Crippen molar-refractivity contribution in [2.45, 2.75) is 38.4 Å². The van der Waals surface area contributed by atoms with E-state index in [1.807, 2.05) is 0 Å². The van der Waals surface area contributed by atoms with Crippen molar-refractivity contribution in [2.75, 3.05) is 5.32 Å². The van der Waals surface area contributed by atoms with Crippen LogP contribution in [0.4, 0.5) is 23.2 Å². The first-order valence-electron chi connectivity index (χ1n) is 6.58. The maximum atomic E-state index is 13.6. The Morgan fingerprint density at radius 3 is 2.62 bits per heavy atom. The van der Waals surface area contributed by atoms with Crippen molar-refractivity contribution in [3.8, 4) is 0 Å². The smallest absolute Gasteiger partial charge is 0.327 e. The summed E-state index contributed by atoms with van der Waals surface area (Å²) in [6.45, 7) is 1.64. The second-order valence-corrected chi connectivity index (χ2v) is 5.56. The van der Waals surface area contributed by atoms with Gasteiger partial charge in [0.15, 0.2) is 0 Å². The second-order valence-electron chi connectivity index (χ2n) is 5.56. The number of benzene rings is 1. The van der Waals surface area contributed by atoms with Crippen LogP contribution >= 0.6 is 0 Å². The number of carbonyl (C=O) groups excluding carboxylic acids is 1. The van der Waals surface area contributed by atoms with E-state index in [4.69, 9.17) is 5.73 Å². The highest BCUT2D eigenvalue weighted by atomic mass is 19.4. The van der Waals surface area contributed by atoms with Crippen LogP contribution in [0, 0.1) is 11.2 Å². The normalized spacial score (nSPS) is 25.9. The molecule has 7 heteroatoms. The maximum Gasteiger partial charge on any atom is 0.416 e. The van der Waals surface area contributed by atoms with Crippen LogP contribution in [0.5, 0.6) is 0 Å². The minimum absolute atomic E-state index is 0.383. The van der Waals surface area contributed by atoms with Gasteiger partial charge < -0.3 is 11.1 Å². The highest BCUT2D eigenvalue weighted by Gasteiger charge is 2.43.